The fourth-order valence-corrected chi connectivity index (χ4v) is 4.02. The molecule has 0 aliphatic carbocycles. The standard InChI is InChI=1S/C27H34FN3O3/c1-3-7-26(32)30(15-6-17-34-2)20-27(33)31(19-21-10-12-23(28)13-11-21)16-14-22-18-29-25-9-5-4-8-24(22)25/h4-5,8-13,18,29H,3,6-7,14-17,19-20H2,1-2H3. The highest BCUT2D eigenvalue weighted by Crippen LogP contribution is 2.19. The Labute approximate surface area is 200 Å². The first kappa shape index (κ1) is 25.4. The van der Waals surface area contributed by atoms with Crippen LogP contribution in [0.1, 0.15) is 37.3 Å². The van der Waals surface area contributed by atoms with Crippen LogP contribution in [0.2, 0.25) is 0 Å². The van der Waals surface area contributed by atoms with Crippen LogP contribution in [0.3, 0.4) is 0 Å². The molecule has 0 unspecified atom stereocenters. The first-order chi connectivity index (χ1) is 16.5. The molecule has 6 nitrogen and oxygen atoms in total. The summed E-state index contributed by atoms with van der Waals surface area (Å²) in [6, 6.07) is 14.3. The highest BCUT2D eigenvalue weighted by atomic mass is 19.1. The molecule has 3 aromatic rings. The highest BCUT2D eigenvalue weighted by Gasteiger charge is 2.21. The van der Waals surface area contributed by atoms with Gasteiger partial charge in [0.1, 0.15) is 5.82 Å². The number of ether oxygens (including phenoxy) is 1. The predicted octanol–water partition coefficient (Wildman–Crippen LogP) is 4.54. The van der Waals surface area contributed by atoms with Gasteiger partial charge in [-0.05, 0) is 48.6 Å². The number of halogens is 1. The quantitative estimate of drug-likeness (QED) is 0.375. The van der Waals surface area contributed by atoms with Crippen LogP contribution in [0.15, 0.2) is 54.7 Å². The van der Waals surface area contributed by atoms with Gasteiger partial charge >= 0.3 is 0 Å². The lowest BCUT2D eigenvalue weighted by Crippen LogP contribution is -2.43. The molecule has 0 radical (unpaired) electrons. The third-order valence-electron chi connectivity index (χ3n) is 5.88. The van der Waals surface area contributed by atoms with E-state index in [2.05, 4.69) is 11.1 Å². The van der Waals surface area contributed by atoms with Crippen LogP contribution >= 0.6 is 0 Å². The number of nitrogens with one attached hydrogen (secondary N) is 1. The minimum absolute atomic E-state index is 0.0229. The number of hydrogen-bond donors (Lipinski definition) is 1. The molecule has 0 saturated carbocycles. The summed E-state index contributed by atoms with van der Waals surface area (Å²) >= 11 is 0. The van der Waals surface area contributed by atoms with Crippen LogP contribution in [0.5, 0.6) is 0 Å². The maximum Gasteiger partial charge on any atom is 0.242 e. The predicted molar refractivity (Wildman–Crippen MR) is 132 cm³/mol. The Morgan fingerprint density at radius 1 is 1.00 bits per heavy atom. The number of aromatic amines is 1. The number of hydrogen-bond acceptors (Lipinski definition) is 3. The van der Waals surface area contributed by atoms with Gasteiger partial charge in [-0.1, -0.05) is 37.3 Å². The molecule has 34 heavy (non-hydrogen) atoms. The molecular weight excluding hydrogens is 433 g/mol. The van der Waals surface area contributed by atoms with Gasteiger partial charge in [0.15, 0.2) is 0 Å². The van der Waals surface area contributed by atoms with Crippen molar-refractivity contribution in [1.82, 2.24) is 14.8 Å². The van der Waals surface area contributed by atoms with Crippen molar-refractivity contribution in [3.8, 4) is 0 Å². The van der Waals surface area contributed by atoms with Crippen molar-refractivity contribution < 1.29 is 18.7 Å². The van der Waals surface area contributed by atoms with Gasteiger partial charge in [-0.3, -0.25) is 9.59 Å². The lowest BCUT2D eigenvalue weighted by Gasteiger charge is -2.28. The molecule has 0 saturated heterocycles. The zero-order chi connectivity index (χ0) is 24.3. The number of H-pyrrole nitrogens is 1. The molecule has 2 amide bonds. The van der Waals surface area contributed by atoms with Crippen LogP contribution in [-0.2, 0) is 27.3 Å². The van der Waals surface area contributed by atoms with Gasteiger partial charge in [-0.25, -0.2) is 4.39 Å². The highest BCUT2D eigenvalue weighted by molar-refractivity contribution is 5.85. The maximum absolute atomic E-state index is 13.4. The van der Waals surface area contributed by atoms with Gasteiger partial charge in [0, 0.05) is 56.9 Å². The van der Waals surface area contributed by atoms with E-state index < -0.39 is 0 Å². The number of para-hydroxylation sites is 1. The van der Waals surface area contributed by atoms with Gasteiger partial charge in [-0.2, -0.15) is 0 Å². The van der Waals surface area contributed by atoms with Crippen LogP contribution in [0, 0.1) is 5.82 Å². The second-order valence-electron chi connectivity index (χ2n) is 8.46. The average molecular weight is 468 g/mol. The van der Waals surface area contributed by atoms with E-state index in [1.54, 1.807) is 29.0 Å². The van der Waals surface area contributed by atoms with E-state index in [1.165, 1.54) is 12.1 Å². The number of benzene rings is 2. The van der Waals surface area contributed by atoms with E-state index in [-0.39, 0.29) is 24.2 Å². The number of methoxy groups -OCH3 is 1. The third-order valence-corrected chi connectivity index (χ3v) is 5.88. The molecule has 0 bridgehead atoms. The van der Waals surface area contributed by atoms with Crippen LogP contribution in [-0.4, -0.2) is 59.9 Å². The normalized spacial score (nSPS) is 11.0. The molecule has 2 aromatic carbocycles. The molecule has 0 aliphatic rings. The number of carbonyl (C=O) groups is 2. The summed E-state index contributed by atoms with van der Waals surface area (Å²) in [6.45, 7) is 3.84. The van der Waals surface area contributed by atoms with Gasteiger partial charge in [0.25, 0.3) is 0 Å². The average Bonchev–Trinajstić information content (AvgIpc) is 3.25. The summed E-state index contributed by atoms with van der Waals surface area (Å²) < 4.78 is 18.5. The smallest absolute Gasteiger partial charge is 0.242 e. The van der Waals surface area contributed by atoms with Crippen molar-refractivity contribution in [1.29, 1.82) is 0 Å². The lowest BCUT2D eigenvalue weighted by molar-refractivity contribution is -0.141. The molecule has 7 heteroatoms. The molecule has 0 atom stereocenters. The maximum atomic E-state index is 13.4. The fourth-order valence-electron chi connectivity index (χ4n) is 4.02. The van der Waals surface area contributed by atoms with Gasteiger partial charge in [0.05, 0.1) is 6.54 Å². The zero-order valence-corrected chi connectivity index (χ0v) is 20.1. The minimum atomic E-state index is -0.310. The summed E-state index contributed by atoms with van der Waals surface area (Å²) in [5.74, 6) is -0.453. The van der Waals surface area contributed by atoms with Crippen molar-refractivity contribution >= 4 is 22.7 Å². The van der Waals surface area contributed by atoms with Gasteiger partial charge < -0.3 is 19.5 Å². The minimum Gasteiger partial charge on any atom is -0.385 e. The van der Waals surface area contributed by atoms with Crippen molar-refractivity contribution in [3.63, 3.8) is 0 Å². The van der Waals surface area contributed by atoms with Crippen LogP contribution in [0.4, 0.5) is 4.39 Å². The van der Waals surface area contributed by atoms with E-state index in [1.807, 2.05) is 31.3 Å². The lowest BCUT2D eigenvalue weighted by atomic mass is 10.1. The largest absolute Gasteiger partial charge is 0.385 e. The van der Waals surface area contributed by atoms with Gasteiger partial charge in [0.2, 0.25) is 11.8 Å². The Morgan fingerprint density at radius 2 is 1.76 bits per heavy atom. The summed E-state index contributed by atoms with van der Waals surface area (Å²) in [4.78, 5) is 32.7. The van der Waals surface area contributed by atoms with E-state index in [0.717, 1.165) is 28.5 Å². The molecule has 1 N–H and O–H groups in total. The molecule has 182 valence electrons. The van der Waals surface area contributed by atoms with E-state index in [0.29, 0.717) is 45.5 Å². The number of nitrogens with zero attached hydrogens (tertiary/aromatic N) is 2. The first-order valence-corrected chi connectivity index (χ1v) is 11.9. The second-order valence-corrected chi connectivity index (χ2v) is 8.46. The Hall–Kier alpha value is -3.19. The molecule has 3 rings (SSSR count). The van der Waals surface area contributed by atoms with Crippen molar-refractivity contribution in [2.75, 3.05) is 33.4 Å². The SMILES string of the molecule is CCCC(=O)N(CCCOC)CC(=O)N(CCc1c[nH]c2ccccc12)Cc1ccc(F)cc1. The first-order valence-electron chi connectivity index (χ1n) is 11.9. The number of carbonyl (C=O) groups excluding carboxylic acids is 2. The van der Waals surface area contributed by atoms with E-state index in [4.69, 9.17) is 4.74 Å². The summed E-state index contributed by atoms with van der Waals surface area (Å²) in [6.07, 6.45) is 4.46. The van der Waals surface area contributed by atoms with Crippen LogP contribution in [0.25, 0.3) is 10.9 Å². The fraction of sp³-hybridized carbons (Fsp3) is 0.407. The molecule has 0 spiro atoms. The Kier molecular flexibility index (Phi) is 9.64. The Bertz CT molecular complexity index is 1060. The van der Waals surface area contributed by atoms with Crippen molar-refractivity contribution in [3.05, 3.63) is 71.7 Å². The van der Waals surface area contributed by atoms with Crippen LogP contribution < -0.4 is 0 Å². The van der Waals surface area contributed by atoms with E-state index >= 15 is 0 Å². The number of amides is 2. The molecule has 0 fully saturated rings. The molecule has 0 aliphatic heterocycles. The second kappa shape index (κ2) is 12.9. The Morgan fingerprint density at radius 3 is 2.50 bits per heavy atom. The third kappa shape index (κ3) is 7.15. The Balaban J connectivity index is 1.75. The van der Waals surface area contributed by atoms with Crippen molar-refractivity contribution in [2.24, 2.45) is 0 Å². The molecule has 1 heterocycles. The van der Waals surface area contributed by atoms with Gasteiger partial charge in [-0.15, -0.1) is 0 Å². The topological polar surface area (TPSA) is 65.6 Å². The molecular formula is C27H34FN3O3. The number of aromatic nitrogens is 1. The number of rotatable bonds is 13. The van der Waals surface area contributed by atoms with E-state index in [9.17, 15) is 14.0 Å². The summed E-state index contributed by atoms with van der Waals surface area (Å²) in [7, 11) is 1.62. The molecule has 1 aromatic heterocycles. The monoisotopic (exact) mass is 467 g/mol. The van der Waals surface area contributed by atoms with Crippen molar-refractivity contribution in [2.45, 2.75) is 39.2 Å². The summed E-state index contributed by atoms with van der Waals surface area (Å²) in [5.41, 5.74) is 3.04. The zero-order valence-electron chi connectivity index (χ0n) is 20.1. The number of fused-ring (bicyclic) bond motifs is 1. The summed E-state index contributed by atoms with van der Waals surface area (Å²) in [5, 5.41) is 1.14.